The van der Waals surface area contributed by atoms with Crippen LogP contribution in [-0.2, 0) is 11.2 Å². The maximum absolute atomic E-state index is 10.3. The second-order valence-corrected chi connectivity index (χ2v) is 4.54. The van der Waals surface area contributed by atoms with E-state index in [1.54, 1.807) is 6.26 Å². The molecule has 0 bridgehead atoms. The van der Waals surface area contributed by atoms with E-state index in [4.69, 9.17) is 9.47 Å². The predicted molar refractivity (Wildman–Crippen MR) is 63.9 cm³/mol. The van der Waals surface area contributed by atoms with Gasteiger partial charge in [0.2, 0.25) is 0 Å². The summed E-state index contributed by atoms with van der Waals surface area (Å²) in [7, 11) is 0. The number of fused-ring (bicyclic) bond motifs is 1. The number of ether oxygens (including phenoxy) is 2. The van der Waals surface area contributed by atoms with Crippen molar-refractivity contribution in [3.05, 3.63) is 41.2 Å². The molecule has 0 radical (unpaired) electrons. The van der Waals surface area contributed by atoms with Crippen LogP contribution < -0.4 is 4.74 Å². The van der Waals surface area contributed by atoms with Crippen molar-refractivity contribution in [3.8, 4) is 5.75 Å². The Morgan fingerprint density at radius 2 is 2.12 bits per heavy atom. The molecule has 1 atom stereocenters. The van der Waals surface area contributed by atoms with E-state index in [1.807, 2.05) is 18.2 Å². The van der Waals surface area contributed by atoms with E-state index in [9.17, 15) is 5.11 Å². The van der Waals surface area contributed by atoms with Gasteiger partial charge in [0.15, 0.2) is 0 Å². The highest BCUT2D eigenvalue weighted by atomic mass is 16.5. The summed E-state index contributed by atoms with van der Waals surface area (Å²) in [5, 5.41) is 10.3. The fraction of sp³-hybridized carbons (Fsp3) is 0.429. The lowest BCUT2D eigenvalue weighted by atomic mass is 9.96. The topological polar surface area (TPSA) is 38.7 Å². The lowest BCUT2D eigenvalue weighted by Gasteiger charge is -2.19. The summed E-state index contributed by atoms with van der Waals surface area (Å²) in [6.45, 7) is 1.51. The Labute approximate surface area is 101 Å². The SMILES string of the molecule is OC(C1=COCCC1)c1ccc2c(c1)CCO2. The van der Waals surface area contributed by atoms with Crippen molar-refractivity contribution in [2.75, 3.05) is 13.2 Å². The summed E-state index contributed by atoms with van der Waals surface area (Å²) >= 11 is 0. The van der Waals surface area contributed by atoms with Gasteiger partial charge in [0, 0.05) is 6.42 Å². The monoisotopic (exact) mass is 232 g/mol. The molecule has 0 aliphatic carbocycles. The van der Waals surface area contributed by atoms with Gasteiger partial charge in [-0.2, -0.15) is 0 Å². The lowest BCUT2D eigenvalue weighted by Crippen LogP contribution is -2.08. The zero-order valence-electron chi connectivity index (χ0n) is 9.69. The highest BCUT2D eigenvalue weighted by Crippen LogP contribution is 2.32. The average Bonchev–Trinajstić information content (AvgIpc) is 2.86. The van der Waals surface area contributed by atoms with E-state index >= 15 is 0 Å². The molecule has 2 aliphatic rings. The van der Waals surface area contributed by atoms with Crippen LogP contribution in [0.15, 0.2) is 30.0 Å². The summed E-state index contributed by atoms with van der Waals surface area (Å²) in [6.07, 6.45) is 4.00. The third-order valence-corrected chi connectivity index (χ3v) is 3.34. The summed E-state index contributed by atoms with van der Waals surface area (Å²) in [6, 6.07) is 5.93. The Morgan fingerprint density at radius 3 is 2.94 bits per heavy atom. The number of aliphatic hydroxyl groups is 1. The third kappa shape index (κ3) is 2.03. The standard InChI is InChI=1S/C14H16O3/c15-14(12-2-1-6-16-9-12)11-3-4-13-10(8-11)5-7-17-13/h3-4,8-9,14-15H,1-2,5-7H2. The fourth-order valence-electron chi connectivity index (χ4n) is 2.38. The normalized spacial score (nSPS) is 19.9. The highest BCUT2D eigenvalue weighted by Gasteiger charge is 2.19. The molecule has 17 heavy (non-hydrogen) atoms. The van der Waals surface area contributed by atoms with Gasteiger partial charge in [0.25, 0.3) is 0 Å². The number of hydrogen-bond donors (Lipinski definition) is 1. The van der Waals surface area contributed by atoms with Crippen molar-refractivity contribution in [1.29, 1.82) is 0 Å². The first-order valence-electron chi connectivity index (χ1n) is 6.09. The second-order valence-electron chi connectivity index (χ2n) is 4.54. The van der Waals surface area contributed by atoms with Crippen LogP contribution in [0.25, 0.3) is 0 Å². The van der Waals surface area contributed by atoms with Gasteiger partial charge in [-0.1, -0.05) is 6.07 Å². The Balaban J connectivity index is 1.86. The van der Waals surface area contributed by atoms with Crippen molar-refractivity contribution in [3.63, 3.8) is 0 Å². The molecule has 90 valence electrons. The molecular formula is C14H16O3. The molecule has 1 unspecified atom stereocenters. The summed E-state index contributed by atoms with van der Waals surface area (Å²) in [5.74, 6) is 0.954. The largest absolute Gasteiger partial charge is 0.501 e. The van der Waals surface area contributed by atoms with E-state index in [2.05, 4.69) is 0 Å². The molecule has 1 N–H and O–H groups in total. The molecule has 1 aromatic rings. The quantitative estimate of drug-likeness (QED) is 0.850. The maximum atomic E-state index is 10.3. The third-order valence-electron chi connectivity index (χ3n) is 3.34. The Bertz CT molecular complexity index is 451. The zero-order valence-corrected chi connectivity index (χ0v) is 9.69. The second kappa shape index (κ2) is 4.41. The van der Waals surface area contributed by atoms with E-state index in [0.717, 1.165) is 49.4 Å². The number of rotatable bonds is 2. The molecule has 0 spiro atoms. The van der Waals surface area contributed by atoms with E-state index < -0.39 is 6.10 Å². The molecule has 3 nitrogen and oxygen atoms in total. The van der Waals surface area contributed by atoms with Crippen molar-refractivity contribution < 1.29 is 14.6 Å². The number of aliphatic hydroxyl groups excluding tert-OH is 1. The first-order chi connectivity index (χ1) is 8.34. The molecule has 3 heteroatoms. The smallest absolute Gasteiger partial charge is 0.122 e. The van der Waals surface area contributed by atoms with Crippen LogP contribution in [-0.4, -0.2) is 18.3 Å². The summed E-state index contributed by atoms with van der Waals surface area (Å²) in [4.78, 5) is 0. The average molecular weight is 232 g/mol. The van der Waals surface area contributed by atoms with Gasteiger partial charge in [-0.25, -0.2) is 0 Å². The van der Waals surface area contributed by atoms with Gasteiger partial charge in [-0.15, -0.1) is 0 Å². The molecular weight excluding hydrogens is 216 g/mol. The van der Waals surface area contributed by atoms with Crippen LogP contribution in [0, 0.1) is 0 Å². The van der Waals surface area contributed by atoms with Crippen molar-refractivity contribution in [2.24, 2.45) is 0 Å². The van der Waals surface area contributed by atoms with E-state index in [1.165, 1.54) is 5.56 Å². The van der Waals surface area contributed by atoms with Crippen LogP contribution in [0.5, 0.6) is 5.75 Å². The van der Waals surface area contributed by atoms with Gasteiger partial charge in [-0.3, -0.25) is 0 Å². The van der Waals surface area contributed by atoms with Crippen LogP contribution in [0.2, 0.25) is 0 Å². The van der Waals surface area contributed by atoms with Gasteiger partial charge in [0.05, 0.1) is 19.5 Å². The predicted octanol–water partition coefficient (Wildman–Crippen LogP) is 2.35. The van der Waals surface area contributed by atoms with Crippen LogP contribution in [0.4, 0.5) is 0 Å². The van der Waals surface area contributed by atoms with Crippen molar-refractivity contribution >= 4 is 0 Å². The van der Waals surface area contributed by atoms with Crippen LogP contribution in [0.3, 0.4) is 0 Å². The molecule has 0 fully saturated rings. The maximum Gasteiger partial charge on any atom is 0.122 e. The minimum Gasteiger partial charge on any atom is -0.501 e. The number of benzene rings is 1. The van der Waals surface area contributed by atoms with Gasteiger partial charge in [0.1, 0.15) is 11.9 Å². The Kier molecular flexibility index (Phi) is 2.77. The minimum atomic E-state index is -0.541. The van der Waals surface area contributed by atoms with Gasteiger partial charge in [-0.05, 0) is 41.7 Å². The van der Waals surface area contributed by atoms with Crippen molar-refractivity contribution in [1.82, 2.24) is 0 Å². The molecule has 2 aliphatic heterocycles. The van der Waals surface area contributed by atoms with Crippen LogP contribution >= 0.6 is 0 Å². The highest BCUT2D eigenvalue weighted by molar-refractivity contribution is 5.42. The summed E-state index contributed by atoms with van der Waals surface area (Å²) in [5.41, 5.74) is 3.10. The Hall–Kier alpha value is -1.48. The first-order valence-corrected chi connectivity index (χ1v) is 6.09. The van der Waals surface area contributed by atoms with Gasteiger partial charge >= 0.3 is 0 Å². The van der Waals surface area contributed by atoms with Gasteiger partial charge < -0.3 is 14.6 Å². The molecule has 0 aromatic heterocycles. The van der Waals surface area contributed by atoms with Crippen LogP contribution in [0.1, 0.15) is 30.1 Å². The molecule has 0 amide bonds. The number of hydrogen-bond acceptors (Lipinski definition) is 3. The fourth-order valence-corrected chi connectivity index (χ4v) is 2.38. The zero-order chi connectivity index (χ0) is 11.7. The molecule has 1 aromatic carbocycles. The molecule has 3 rings (SSSR count). The lowest BCUT2D eigenvalue weighted by molar-refractivity contribution is 0.170. The van der Waals surface area contributed by atoms with E-state index in [0.29, 0.717) is 0 Å². The molecule has 0 saturated carbocycles. The first kappa shape index (κ1) is 10.7. The molecule has 0 saturated heterocycles. The minimum absolute atomic E-state index is 0.541. The summed E-state index contributed by atoms with van der Waals surface area (Å²) < 4.78 is 10.7. The molecule has 2 heterocycles. The van der Waals surface area contributed by atoms with E-state index in [-0.39, 0.29) is 0 Å². The Morgan fingerprint density at radius 1 is 1.18 bits per heavy atom. The van der Waals surface area contributed by atoms with Crippen molar-refractivity contribution in [2.45, 2.75) is 25.4 Å².